The predicted octanol–water partition coefficient (Wildman–Crippen LogP) is 2.36. The third kappa shape index (κ3) is 4.56. The van der Waals surface area contributed by atoms with E-state index in [-0.39, 0.29) is 12.0 Å². The molecule has 1 aromatic carbocycles. The lowest BCUT2D eigenvalue weighted by atomic mass is 9.99. The highest BCUT2D eigenvalue weighted by atomic mass is 16.7. The van der Waals surface area contributed by atoms with Crippen LogP contribution in [0.4, 0.5) is 0 Å². The number of aliphatic hydroxyl groups excluding tert-OH is 1. The Morgan fingerprint density at radius 2 is 2.05 bits per heavy atom. The van der Waals surface area contributed by atoms with Crippen LogP contribution in [0.5, 0.6) is 0 Å². The van der Waals surface area contributed by atoms with Gasteiger partial charge in [0, 0.05) is 13.5 Å². The molecular weight excluding hydrogens is 280 g/mol. The zero-order valence-electron chi connectivity index (χ0n) is 13.2. The smallest absolute Gasteiger partial charge is 0.184 e. The molecule has 0 amide bonds. The second-order valence-electron chi connectivity index (χ2n) is 5.37. The minimum Gasteiger partial charge on any atom is -0.386 e. The first kappa shape index (κ1) is 17.0. The molecule has 1 saturated heterocycles. The molecule has 1 N–H and O–H groups in total. The van der Waals surface area contributed by atoms with Crippen LogP contribution < -0.4 is 0 Å². The number of rotatable bonds is 6. The fraction of sp³-hybridized carbons (Fsp3) is 0.556. The van der Waals surface area contributed by atoms with Crippen LogP contribution in [0.1, 0.15) is 25.3 Å². The third-order valence-corrected chi connectivity index (χ3v) is 3.63. The molecule has 22 heavy (non-hydrogen) atoms. The largest absolute Gasteiger partial charge is 0.386 e. The summed E-state index contributed by atoms with van der Waals surface area (Å²) >= 11 is 0. The van der Waals surface area contributed by atoms with Gasteiger partial charge < -0.3 is 19.3 Å². The van der Waals surface area contributed by atoms with E-state index in [1.165, 1.54) is 7.11 Å². The van der Waals surface area contributed by atoms with Crippen LogP contribution in [-0.2, 0) is 20.8 Å². The number of hydrogen-bond acceptors (Lipinski definition) is 4. The number of hydrogen-bond donors (Lipinski definition) is 1. The number of benzene rings is 1. The first-order valence-electron chi connectivity index (χ1n) is 7.72. The average molecular weight is 304 g/mol. The molecule has 0 saturated carbocycles. The average Bonchev–Trinajstić information content (AvgIpc) is 2.85. The maximum Gasteiger partial charge on any atom is 0.184 e. The van der Waals surface area contributed by atoms with Gasteiger partial charge in [0.25, 0.3) is 0 Å². The molecule has 4 heteroatoms. The Hall–Kier alpha value is -1.38. The van der Waals surface area contributed by atoms with Gasteiger partial charge in [-0.25, -0.2) is 0 Å². The molecule has 0 bridgehead atoms. The van der Waals surface area contributed by atoms with E-state index < -0.39 is 12.4 Å². The standard InChI is InChI=1S/C18H24O4/c1-3-4-6-11-15-16(22-18(20-2)17(15)19)13-21-12-14-9-7-5-8-10-14/h5,7-10,15-19H,3-4,12-13H2,1-2H3/t15-,16+,17+,18-/m0/s1. The van der Waals surface area contributed by atoms with Gasteiger partial charge in [-0.2, -0.15) is 0 Å². The van der Waals surface area contributed by atoms with Gasteiger partial charge in [-0.05, 0) is 12.0 Å². The molecule has 4 atom stereocenters. The van der Waals surface area contributed by atoms with Gasteiger partial charge >= 0.3 is 0 Å². The van der Waals surface area contributed by atoms with Crippen LogP contribution in [0.15, 0.2) is 30.3 Å². The highest BCUT2D eigenvalue weighted by molar-refractivity contribution is 5.14. The summed E-state index contributed by atoms with van der Waals surface area (Å²) in [5.41, 5.74) is 1.11. The van der Waals surface area contributed by atoms with E-state index in [9.17, 15) is 5.11 Å². The maximum atomic E-state index is 10.2. The Morgan fingerprint density at radius 1 is 1.27 bits per heavy atom. The molecule has 1 heterocycles. The molecule has 0 spiro atoms. The Kier molecular flexibility index (Phi) is 6.88. The Labute approximate surface area is 132 Å². The summed E-state index contributed by atoms with van der Waals surface area (Å²) in [4.78, 5) is 0. The van der Waals surface area contributed by atoms with Crippen LogP contribution in [0.25, 0.3) is 0 Å². The summed E-state index contributed by atoms with van der Waals surface area (Å²) < 4.78 is 16.6. The van der Waals surface area contributed by atoms with Crippen molar-refractivity contribution in [3.8, 4) is 11.8 Å². The van der Waals surface area contributed by atoms with Crippen molar-refractivity contribution in [2.24, 2.45) is 5.92 Å². The molecular formula is C18H24O4. The monoisotopic (exact) mass is 304 g/mol. The number of unbranched alkanes of at least 4 members (excludes halogenated alkanes) is 1. The van der Waals surface area contributed by atoms with Crippen molar-refractivity contribution in [3.63, 3.8) is 0 Å². The fourth-order valence-corrected chi connectivity index (χ4v) is 2.43. The van der Waals surface area contributed by atoms with Gasteiger partial charge in [0.1, 0.15) is 12.2 Å². The minimum absolute atomic E-state index is 0.270. The molecule has 0 aromatic heterocycles. The van der Waals surface area contributed by atoms with Gasteiger partial charge in [0.2, 0.25) is 0 Å². The van der Waals surface area contributed by atoms with Crippen molar-refractivity contribution < 1.29 is 19.3 Å². The van der Waals surface area contributed by atoms with E-state index in [1.807, 2.05) is 30.3 Å². The first-order chi connectivity index (χ1) is 10.8. The summed E-state index contributed by atoms with van der Waals surface area (Å²) in [6.45, 7) is 2.98. The summed E-state index contributed by atoms with van der Waals surface area (Å²) in [5.74, 6) is 5.93. The zero-order valence-corrected chi connectivity index (χ0v) is 13.2. The molecule has 1 aromatic rings. The summed E-state index contributed by atoms with van der Waals surface area (Å²) in [6.07, 6.45) is 0.178. The van der Waals surface area contributed by atoms with Crippen molar-refractivity contribution in [1.29, 1.82) is 0 Å². The van der Waals surface area contributed by atoms with Crippen LogP contribution >= 0.6 is 0 Å². The fourth-order valence-electron chi connectivity index (χ4n) is 2.43. The lowest BCUT2D eigenvalue weighted by Crippen LogP contribution is -2.28. The van der Waals surface area contributed by atoms with Gasteiger partial charge in [0.15, 0.2) is 6.29 Å². The molecule has 1 fully saturated rings. The molecule has 4 nitrogen and oxygen atoms in total. The SMILES string of the molecule is CCCC#C[C@@H]1[C@@H](O)[C@@H](OC)O[C@@H]1COCc1ccccc1. The van der Waals surface area contributed by atoms with Crippen LogP contribution in [0, 0.1) is 17.8 Å². The normalized spacial score (nSPS) is 27.4. The maximum absolute atomic E-state index is 10.2. The molecule has 1 aliphatic heterocycles. The zero-order chi connectivity index (χ0) is 15.8. The quantitative estimate of drug-likeness (QED) is 0.820. The van der Waals surface area contributed by atoms with E-state index in [2.05, 4.69) is 18.8 Å². The molecule has 2 rings (SSSR count). The Bertz CT molecular complexity index is 491. The Balaban J connectivity index is 1.90. The van der Waals surface area contributed by atoms with Crippen LogP contribution in [0.3, 0.4) is 0 Å². The number of aliphatic hydroxyl groups is 1. The van der Waals surface area contributed by atoms with Crippen molar-refractivity contribution in [2.75, 3.05) is 13.7 Å². The number of ether oxygens (including phenoxy) is 3. The topological polar surface area (TPSA) is 47.9 Å². The summed E-state index contributed by atoms with van der Waals surface area (Å²) in [5, 5.41) is 10.2. The van der Waals surface area contributed by atoms with E-state index in [4.69, 9.17) is 14.2 Å². The van der Waals surface area contributed by atoms with Crippen LogP contribution in [-0.4, -0.2) is 37.3 Å². The minimum atomic E-state index is -0.736. The van der Waals surface area contributed by atoms with Crippen LogP contribution in [0.2, 0.25) is 0 Å². The second kappa shape index (κ2) is 8.92. The molecule has 0 unspecified atom stereocenters. The predicted molar refractivity (Wildman–Crippen MR) is 83.9 cm³/mol. The first-order valence-corrected chi connectivity index (χ1v) is 7.72. The van der Waals surface area contributed by atoms with Crippen molar-refractivity contribution in [2.45, 2.75) is 44.9 Å². The molecule has 0 aliphatic carbocycles. The third-order valence-electron chi connectivity index (χ3n) is 3.63. The second-order valence-corrected chi connectivity index (χ2v) is 5.37. The summed E-state index contributed by atoms with van der Waals surface area (Å²) in [7, 11) is 1.53. The summed E-state index contributed by atoms with van der Waals surface area (Å²) in [6, 6.07) is 9.97. The van der Waals surface area contributed by atoms with Gasteiger partial charge in [-0.3, -0.25) is 0 Å². The number of methoxy groups -OCH3 is 1. The lowest BCUT2D eigenvalue weighted by molar-refractivity contribution is -0.156. The molecule has 120 valence electrons. The van der Waals surface area contributed by atoms with Crippen molar-refractivity contribution in [1.82, 2.24) is 0 Å². The molecule has 1 aliphatic rings. The van der Waals surface area contributed by atoms with Gasteiger partial charge in [0.05, 0.1) is 19.1 Å². The van der Waals surface area contributed by atoms with E-state index >= 15 is 0 Å². The highest BCUT2D eigenvalue weighted by Gasteiger charge is 2.43. The van der Waals surface area contributed by atoms with E-state index in [0.717, 1.165) is 18.4 Å². The van der Waals surface area contributed by atoms with Crippen molar-refractivity contribution in [3.05, 3.63) is 35.9 Å². The van der Waals surface area contributed by atoms with Crippen molar-refractivity contribution >= 4 is 0 Å². The van der Waals surface area contributed by atoms with E-state index in [1.54, 1.807) is 0 Å². The van der Waals surface area contributed by atoms with Gasteiger partial charge in [-0.1, -0.05) is 43.2 Å². The van der Waals surface area contributed by atoms with E-state index in [0.29, 0.717) is 13.2 Å². The lowest BCUT2D eigenvalue weighted by Gasteiger charge is -2.15. The highest BCUT2D eigenvalue weighted by Crippen LogP contribution is 2.27. The Morgan fingerprint density at radius 3 is 2.73 bits per heavy atom. The van der Waals surface area contributed by atoms with Gasteiger partial charge in [-0.15, -0.1) is 5.92 Å². The molecule has 0 radical (unpaired) electrons.